The number of amides is 1. The fourth-order valence-corrected chi connectivity index (χ4v) is 4.45. The lowest BCUT2D eigenvalue weighted by Crippen LogP contribution is -2.47. The highest BCUT2D eigenvalue weighted by Gasteiger charge is 2.25. The minimum atomic E-state index is -3.12. The lowest BCUT2D eigenvalue weighted by atomic mass is 9.96. The summed E-state index contributed by atoms with van der Waals surface area (Å²) in [7, 11) is -3.12. The Morgan fingerprint density at radius 1 is 1.14 bits per heavy atom. The molecule has 2 heterocycles. The first-order valence-corrected chi connectivity index (χ1v) is 9.30. The van der Waals surface area contributed by atoms with Crippen molar-refractivity contribution in [1.82, 2.24) is 14.5 Å². The summed E-state index contributed by atoms with van der Waals surface area (Å²) in [5.74, 6) is -0.00953. The number of hydrogen-bond donors (Lipinski definition) is 2. The molecule has 0 radical (unpaired) electrons. The van der Waals surface area contributed by atoms with Gasteiger partial charge in [-0.1, -0.05) is 0 Å². The van der Waals surface area contributed by atoms with E-state index in [0.29, 0.717) is 19.5 Å². The highest BCUT2D eigenvalue weighted by atomic mass is 32.2. The van der Waals surface area contributed by atoms with Crippen molar-refractivity contribution in [3.05, 3.63) is 0 Å². The molecule has 2 saturated heterocycles. The molecule has 7 nitrogen and oxygen atoms in total. The van der Waals surface area contributed by atoms with E-state index in [1.807, 2.05) is 0 Å². The lowest BCUT2D eigenvalue weighted by Gasteiger charge is -2.31. The van der Waals surface area contributed by atoms with Crippen LogP contribution in [0.3, 0.4) is 0 Å². The number of piperidine rings is 1. The lowest BCUT2D eigenvalue weighted by molar-refractivity contribution is -0.123. The van der Waals surface area contributed by atoms with Crippen molar-refractivity contribution in [2.24, 2.45) is 11.7 Å². The molecule has 0 aliphatic carbocycles. The Bertz CT molecular complexity index is 440. The predicted molar refractivity (Wildman–Crippen MR) is 81.2 cm³/mol. The quantitative estimate of drug-likeness (QED) is 0.642. The van der Waals surface area contributed by atoms with Gasteiger partial charge in [0.2, 0.25) is 15.9 Å². The van der Waals surface area contributed by atoms with Crippen LogP contribution in [-0.2, 0) is 14.8 Å². The molecule has 0 aromatic carbocycles. The van der Waals surface area contributed by atoms with Crippen molar-refractivity contribution in [1.29, 1.82) is 0 Å². The Balaban J connectivity index is 1.68. The van der Waals surface area contributed by atoms with Gasteiger partial charge < -0.3 is 16.0 Å². The van der Waals surface area contributed by atoms with Gasteiger partial charge in [0.25, 0.3) is 0 Å². The van der Waals surface area contributed by atoms with Gasteiger partial charge in [0.15, 0.2) is 0 Å². The van der Waals surface area contributed by atoms with Crippen LogP contribution in [0.2, 0.25) is 0 Å². The fourth-order valence-electron chi connectivity index (χ4n) is 2.96. The topological polar surface area (TPSA) is 95.7 Å². The molecule has 0 unspecified atom stereocenters. The fraction of sp³-hybridized carbons (Fsp3) is 0.923. The molecular weight excluding hydrogens is 292 g/mol. The molecule has 0 spiro atoms. The van der Waals surface area contributed by atoms with E-state index in [1.165, 1.54) is 0 Å². The smallest absolute Gasteiger partial charge is 0.220 e. The Morgan fingerprint density at radius 2 is 1.76 bits per heavy atom. The van der Waals surface area contributed by atoms with E-state index in [2.05, 4.69) is 10.2 Å². The summed E-state index contributed by atoms with van der Waals surface area (Å²) in [6.07, 6.45) is 2.23. The number of piperazine rings is 1. The van der Waals surface area contributed by atoms with Gasteiger partial charge in [0.05, 0.1) is 5.75 Å². The van der Waals surface area contributed by atoms with Gasteiger partial charge in [0, 0.05) is 32.1 Å². The van der Waals surface area contributed by atoms with Crippen molar-refractivity contribution >= 4 is 15.9 Å². The molecule has 2 aliphatic rings. The summed E-state index contributed by atoms with van der Waals surface area (Å²) in [4.78, 5) is 13.3. The predicted octanol–water partition coefficient (Wildman–Crippen LogP) is -1.19. The molecule has 0 aromatic rings. The van der Waals surface area contributed by atoms with Gasteiger partial charge in [0.1, 0.15) is 0 Å². The molecule has 122 valence electrons. The number of primary amides is 1. The second-order valence-corrected chi connectivity index (χ2v) is 7.93. The zero-order valence-corrected chi connectivity index (χ0v) is 13.3. The van der Waals surface area contributed by atoms with Gasteiger partial charge in [-0.25, -0.2) is 8.42 Å². The van der Waals surface area contributed by atoms with Crippen LogP contribution < -0.4 is 11.1 Å². The summed E-state index contributed by atoms with van der Waals surface area (Å²) in [5, 5.41) is 3.16. The summed E-state index contributed by atoms with van der Waals surface area (Å²) >= 11 is 0. The van der Waals surface area contributed by atoms with E-state index in [9.17, 15) is 13.2 Å². The third-order valence-corrected chi connectivity index (χ3v) is 6.29. The van der Waals surface area contributed by atoms with Gasteiger partial charge in [-0.05, 0) is 38.9 Å². The van der Waals surface area contributed by atoms with Crippen molar-refractivity contribution < 1.29 is 13.2 Å². The van der Waals surface area contributed by atoms with Gasteiger partial charge in [-0.15, -0.1) is 0 Å². The van der Waals surface area contributed by atoms with Crippen LogP contribution in [0, 0.1) is 5.92 Å². The molecule has 21 heavy (non-hydrogen) atoms. The van der Waals surface area contributed by atoms with E-state index in [-0.39, 0.29) is 17.6 Å². The van der Waals surface area contributed by atoms with Crippen molar-refractivity contribution in [2.45, 2.75) is 19.3 Å². The molecule has 0 saturated carbocycles. The van der Waals surface area contributed by atoms with Gasteiger partial charge in [-0.2, -0.15) is 4.31 Å². The number of sulfonamides is 1. The highest BCUT2D eigenvalue weighted by molar-refractivity contribution is 7.89. The monoisotopic (exact) mass is 318 g/mol. The number of nitrogens with one attached hydrogen (secondary N) is 1. The minimum absolute atomic E-state index is 0.00849. The molecule has 8 heteroatoms. The molecular formula is C13H26N4O3S. The molecule has 2 aliphatic heterocycles. The van der Waals surface area contributed by atoms with Crippen LogP contribution in [0.25, 0.3) is 0 Å². The average molecular weight is 318 g/mol. The van der Waals surface area contributed by atoms with Crippen molar-refractivity contribution in [3.8, 4) is 0 Å². The number of hydrogen-bond acceptors (Lipinski definition) is 5. The Morgan fingerprint density at radius 3 is 2.33 bits per heavy atom. The normalized spacial score (nSPS) is 23.2. The Kier molecular flexibility index (Phi) is 5.98. The molecule has 0 atom stereocenters. The molecule has 0 aromatic heterocycles. The average Bonchev–Trinajstić information content (AvgIpc) is 2.48. The zero-order valence-electron chi connectivity index (χ0n) is 12.5. The van der Waals surface area contributed by atoms with Crippen molar-refractivity contribution in [3.63, 3.8) is 0 Å². The SMILES string of the molecule is NC(=O)C1CCN(CCCS(=O)(=O)N2CCNCC2)CC1. The zero-order chi connectivity index (χ0) is 15.3. The van der Waals surface area contributed by atoms with Crippen LogP contribution in [0.15, 0.2) is 0 Å². The molecule has 3 N–H and O–H groups in total. The van der Waals surface area contributed by atoms with E-state index < -0.39 is 10.0 Å². The number of carbonyl (C=O) groups is 1. The second kappa shape index (κ2) is 7.53. The third kappa shape index (κ3) is 4.91. The van der Waals surface area contributed by atoms with E-state index in [4.69, 9.17) is 5.73 Å². The minimum Gasteiger partial charge on any atom is -0.369 e. The largest absolute Gasteiger partial charge is 0.369 e. The van der Waals surface area contributed by atoms with Crippen LogP contribution in [-0.4, -0.2) is 75.1 Å². The standard InChI is InChI=1S/C13H26N4O3S/c14-13(18)12-2-7-16(8-3-12)6-1-11-21(19,20)17-9-4-15-5-10-17/h12,15H,1-11H2,(H2,14,18). The van der Waals surface area contributed by atoms with Crippen LogP contribution in [0.1, 0.15) is 19.3 Å². The molecule has 0 bridgehead atoms. The van der Waals surface area contributed by atoms with Crippen LogP contribution in [0.5, 0.6) is 0 Å². The first kappa shape index (κ1) is 16.7. The van der Waals surface area contributed by atoms with Crippen LogP contribution in [0.4, 0.5) is 0 Å². The number of nitrogens with two attached hydrogens (primary N) is 1. The second-order valence-electron chi connectivity index (χ2n) is 5.84. The molecule has 2 rings (SSSR count). The Labute approximate surface area is 126 Å². The number of likely N-dealkylation sites (tertiary alicyclic amines) is 1. The highest BCUT2D eigenvalue weighted by Crippen LogP contribution is 2.17. The van der Waals surface area contributed by atoms with Crippen LogP contribution >= 0.6 is 0 Å². The first-order valence-electron chi connectivity index (χ1n) is 7.69. The molecule has 2 fully saturated rings. The number of carbonyl (C=O) groups excluding carboxylic acids is 1. The van der Waals surface area contributed by atoms with E-state index >= 15 is 0 Å². The number of rotatable bonds is 6. The van der Waals surface area contributed by atoms with Gasteiger partial charge in [-0.3, -0.25) is 4.79 Å². The summed E-state index contributed by atoms with van der Waals surface area (Å²) < 4.78 is 26.0. The van der Waals surface area contributed by atoms with E-state index in [1.54, 1.807) is 4.31 Å². The Hall–Kier alpha value is -0.700. The van der Waals surface area contributed by atoms with E-state index in [0.717, 1.165) is 45.6 Å². The third-order valence-electron chi connectivity index (χ3n) is 4.34. The van der Waals surface area contributed by atoms with Crippen molar-refractivity contribution in [2.75, 3.05) is 51.6 Å². The maximum atomic E-state index is 12.2. The molecule has 1 amide bonds. The summed E-state index contributed by atoms with van der Waals surface area (Å²) in [6, 6.07) is 0. The van der Waals surface area contributed by atoms with Gasteiger partial charge >= 0.3 is 0 Å². The first-order chi connectivity index (χ1) is 9.99. The maximum Gasteiger partial charge on any atom is 0.220 e. The summed E-state index contributed by atoms with van der Waals surface area (Å²) in [6.45, 7) is 5.07. The maximum absolute atomic E-state index is 12.2. The number of nitrogens with zero attached hydrogens (tertiary/aromatic N) is 2. The summed E-state index contributed by atoms with van der Waals surface area (Å²) in [5.41, 5.74) is 5.31.